The van der Waals surface area contributed by atoms with Crippen molar-refractivity contribution in [2.45, 2.75) is 0 Å². The Kier molecular flexibility index (Phi) is 3.25. The summed E-state index contributed by atoms with van der Waals surface area (Å²) in [5, 5.41) is 1.08. The topological polar surface area (TPSA) is 51.4 Å². The van der Waals surface area contributed by atoms with Crippen molar-refractivity contribution in [1.29, 1.82) is 0 Å². The summed E-state index contributed by atoms with van der Waals surface area (Å²) in [6, 6.07) is 14.3. The summed E-state index contributed by atoms with van der Waals surface area (Å²) in [7, 11) is 0. The Morgan fingerprint density at radius 2 is 1.78 bits per heavy atom. The number of fused-ring (bicyclic) bond motifs is 2. The fourth-order valence-electron chi connectivity index (χ4n) is 2.46. The summed E-state index contributed by atoms with van der Waals surface area (Å²) < 4.78 is 1.79. The van der Waals surface area contributed by atoms with Gasteiger partial charge in [0.15, 0.2) is 5.65 Å². The van der Waals surface area contributed by atoms with Gasteiger partial charge in [0.25, 0.3) is 5.56 Å². The third-order valence-corrected chi connectivity index (χ3v) is 4.67. The predicted molar refractivity (Wildman–Crippen MR) is 93.4 cm³/mol. The summed E-state index contributed by atoms with van der Waals surface area (Å²) in [6.07, 6.45) is 1.83. The molecule has 2 aromatic heterocycles. The Morgan fingerprint density at radius 1 is 1.04 bits per heavy atom. The summed E-state index contributed by atoms with van der Waals surface area (Å²) >= 11 is 6.89. The molecular weight excluding hydrogens is 332 g/mol. The van der Waals surface area contributed by atoms with Gasteiger partial charge >= 0.3 is 4.87 Å². The molecule has 0 aliphatic carbocycles. The lowest BCUT2D eigenvalue weighted by molar-refractivity contribution is 1.07. The summed E-state index contributed by atoms with van der Waals surface area (Å²) in [4.78, 5) is 28.9. The van der Waals surface area contributed by atoms with Crippen molar-refractivity contribution in [3.8, 4) is 0 Å². The molecule has 4 rings (SSSR count). The molecule has 6 heteroatoms. The van der Waals surface area contributed by atoms with Crippen LogP contribution in [0.25, 0.3) is 22.6 Å². The molecule has 2 heterocycles. The molecule has 0 aliphatic heterocycles. The van der Waals surface area contributed by atoms with E-state index in [9.17, 15) is 9.59 Å². The maximum Gasteiger partial charge on any atom is 0.316 e. The number of para-hydroxylation sites is 1. The fourth-order valence-corrected chi connectivity index (χ4v) is 3.46. The molecule has 23 heavy (non-hydrogen) atoms. The van der Waals surface area contributed by atoms with Gasteiger partial charge in [-0.2, -0.15) is 0 Å². The molecule has 0 aliphatic rings. The zero-order chi connectivity index (χ0) is 16.0. The third-order valence-electron chi connectivity index (χ3n) is 3.54. The van der Waals surface area contributed by atoms with Crippen LogP contribution in [0, 0.1) is 0 Å². The van der Waals surface area contributed by atoms with Crippen LogP contribution in [0.4, 0.5) is 0 Å². The number of benzene rings is 2. The summed E-state index contributed by atoms with van der Waals surface area (Å²) in [6.45, 7) is 0. The highest BCUT2D eigenvalue weighted by Crippen LogP contribution is 2.11. The SMILES string of the molecule is O=c1sc(=Cc2ccc(Cl)cc2)c2nc3ccccc3c(=O)n12. The molecule has 0 spiro atoms. The number of halogens is 1. The van der Waals surface area contributed by atoms with Gasteiger partial charge in [-0.05, 0) is 35.9 Å². The highest BCUT2D eigenvalue weighted by atomic mass is 35.5. The molecule has 0 atom stereocenters. The van der Waals surface area contributed by atoms with Crippen molar-refractivity contribution in [2.75, 3.05) is 0 Å². The molecule has 0 bridgehead atoms. The first-order valence-corrected chi connectivity index (χ1v) is 8.04. The Morgan fingerprint density at radius 3 is 2.57 bits per heavy atom. The van der Waals surface area contributed by atoms with Crippen LogP contribution in [-0.4, -0.2) is 9.38 Å². The number of rotatable bonds is 1. The van der Waals surface area contributed by atoms with Crippen LogP contribution in [0.5, 0.6) is 0 Å². The van der Waals surface area contributed by atoms with Crippen molar-refractivity contribution in [3.63, 3.8) is 0 Å². The molecule has 4 nitrogen and oxygen atoms in total. The Labute approximate surface area is 138 Å². The Hall–Kier alpha value is -2.50. The quantitative estimate of drug-likeness (QED) is 0.535. The van der Waals surface area contributed by atoms with Crippen molar-refractivity contribution in [1.82, 2.24) is 9.38 Å². The molecule has 0 amide bonds. The molecule has 112 valence electrons. The zero-order valence-corrected chi connectivity index (χ0v) is 13.3. The van der Waals surface area contributed by atoms with E-state index < -0.39 is 0 Å². The van der Waals surface area contributed by atoms with Crippen LogP contribution >= 0.6 is 22.9 Å². The first-order chi connectivity index (χ1) is 11.1. The molecule has 0 radical (unpaired) electrons. The second-order valence-corrected chi connectivity index (χ2v) is 6.45. The second-order valence-electron chi connectivity index (χ2n) is 5.02. The molecule has 4 aromatic rings. The van der Waals surface area contributed by atoms with Gasteiger partial charge in [-0.25, -0.2) is 9.38 Å². The lowest BCUT2D eigenvalue weighted by Crippen LogP contribution is -2.23. The van der Waals surface area contributed by atoms with Crippen LogP contribution in [0.2, 0.25) is 5.02 Å². The van der Waals surface area contributed by atoms with Crippen molar-refractivity contribution in [2.24, 2.45) is 0 Å². The van der Waals surface area contributed by atoms with Gasteiger partial charge in [0, 0.05) is 5.02 Å². The second kappa shape index (κ2) is 5.30. The number of hydrogen-bond donors (Lipinski definition) is 0. The van der Waals surface area contributed by atoms with E-state index in [1.807, 2.05) is 24.3 Å². The van der Waals surface area contributed by atoms with Crippen LogP contribution in [0.15, 0.2) is 58.1 Å². The smallest absolute Gasteiger partial charge is 0.268 e. The maximum absolute atomic E-state index is 12.5. The molecule has 0 fully saturated rings. The first-order valence-electron chi connectivity index (χ1n) is 6.85. The number of aromatic nitrogens is 2. The van der Waals surface area contributed by atoms with Gasteiger partial charge in [0.1, 0.15) is 0 Å². The van der Waals surface area contributed by atoms with Gasteiger partial charge in [0.2, 0.25) is 0 Å². The van der Waals surface area contributed by atoms with Crippen molar-refractivity contribution >= 4 is 45.6 Å². The molecular formula is C17H9ClN2O2S. The standard InChI is InChI=1S/C17H9ClN2O2S/c18-11-7-5-10(6-8-11)9-14-15-19-13-4-2-1-3-12(13)16(21)20(15)17(22)23-14/h1-9H. The van der Waals surface area contributed by atoms with E-state index in [2.05, 4.69) is 4.98 Å². The normalized spacial score (nSPS) is 12.3. The minimum absolute atomic E-state index is 0.330. The third kappa shape index (κ3) is 2.34. The van der Waals surface area contributed by atoms with Gasteiger partial charge in [0.05, 0.1) is 15.4 Å². The molecule has 0 N–H and O–H groups in total. The maximum atomic E-state index is 12.5. The van der Waals surface area contributed by atoms with Gasteiger partial charge in [-0.1, -0.05) is 47.2 Å². The number of thiazole rings is 1. The van der Waals surface area contributed by atoms with E-state index in [0.29, 0.717) is 26.1 Å². The minimum atomic E-state index is -0.331. The molecule has 0 saturated carbocycles. The van der Waals surface area contributed by atoms with E-state index in [0.717, 1.165) is 21.3 Å². The Balaban J connectivity index is 2.11. The van der Waals surface area contributed by atoms with Gasteiger partial charge in [-0.3, -0.25) is 9.59 Å². The van der Waals surface area contributed by atoms with E-state index >= 15 is 0 Å². The first kappa shape index (κ1) is 14.1. The van der Waals surface area contributed by atoms with Crippen LogP contribution < -0.4 is 15.0 Å². The number of hydrogen-bond acceptors (Lipinski definition) is 4. The van der Waals surface area contributed by atoms with Crippen LogP contribution in [0.1, 0.15) is 5.56 Å². The van der Waals surface area contributed by atoms with Crippen LogP contribution in [0.3, 0.4) is 0 Å². The molecule has 0 saturated heterocycles. The van der Waals surface area contributed by atoms with Gasteiger partial charge in [-0.15, -0.1) is 0 Å². The lowest BCUT2D eigenvalue weighted by atomic mass is 10.2. The van der Waals surface area contributed by atoms with Gasteiger partial charge < -0.3 is 0 Å². The summed E-state index contributed by atoms with van der Waals surface area (Å²) in [5.74, 6) is 0. The number of nitrogens with zero attached hydrogens (tertiary/aromatic N) is 2. The monoisotopic (exact) mass is 340 g/mol. The van der Waals surface area contributed by atoms with Crippen LogP contribution in [-0.2, 0) is 0 Å². The van der Waals surface area contributed by atoms with Crippen molar-refractivity contribution in [3.05, 3.63) is 83.7 Å². The summed E-state index contributed by atoms with van der Waals surface area (Å²) in [5.41, 5.74) is 1.53. The highest BCUT2D eigenvalue weighted by molar-refractivity contribution is 7.07. The van der Waals surface area contributed by atoms with E-state index in [-0.39, 0.29) is 10.4 Å². The fraction of sp³-hybridized carbons (Fsp3) is 0. The molecule has 2 aromatic carbocycles. The highest BCUT2D eigenvalue weighted by Gasteiger charge is 2.11. The largest absolute Gasteiger partial charge is 0.316 e. The van der Waals surface area contributed by atoms with E-state index in [4.69, 9.17) is 11.6 Å². The molecule has 0 unspecified atom stereocenters. The lowest BCUT2D eigenvalue weighted by Gasteiger charge is -1.97. The average molecular weight is 341 g/mol. The average Bonchev–Trinajstić information content (AvgIpc) is 2.86. The zero-order valence-electron chi connectivity index (χ0n) is 11.7. The Bertz CT molecular complexity index is 1210. The van der Waals surface area contributed by atoms with E-state index in [1.165, 1.54) is 0 Å². The predicted octanol–water partition coefficient (Wildman–Crippen LogP) is 2.47. The van der Waals surface area contributed by atoms with E-state index in [1.54, 1.807) is 30.3 Å². The minimum Gasteiger partial charge on any atom is -0.268 e. The van der Waals surface area contributed by atoms with Crippen molar-refractivity contribution < 1.29 is 0 Å².